The molecule has 3 rings (SSSR count). The average Bonchev–Trinajstić information content (AvgIpc) is 2.89. The summed E-state index contributed by atoms with van der Waals surface area (Å²) in [6, 6.07) is 0. The molecule has 0 aromatic heterocycles. The normalized spacial score (nSPS) is 45.4. The molecule has 2 saturated carbocycles. The molecule has 20 heavy (non-hydrogen) atoms. The monoisotopic (exact) mass is 290 g/mol. The number of hydrogen-bond acceptors (Lipinski definition) is 4. The molecule has 3 aliphatic rings. The fraction of sp³-hybridized carbons (Fsp3) is 0.692. The summed E-state index contributed by atoms with van der Waals surface area (Å²) >= 11 is 0. The second-order valence-corrected chi connectivity index (χ2v) is 5.67. The van der Waals surface area contributed by atoms with Crippen molar-refractivity contribution in [3.8, 4) is 0 Å². The van der Waals surface area contributed by atoms with Crippen LogP contribution in [0.4, 0.5) is 13.2 Å². The molecule has 110 valence electrons. The van der Waals surface area contributed by atoms with Crippen molar-refractivity contribution < 1.29 is 32.2 Å². The number of carbonyl (C=O) groups is 2. The largest absolute Gasteiger partial charge is 0.459 e. The first-order valence-corrected chi connectivity index (χ1v) is 6.36. The van der Waals surface area contributed by atoms with Gasteiger partial charge in [-0.1, -0.05) is 13.5 Å². The van der Waals surface area contributed by atoms with E-state index in [4.69, 9.17) is 9.47 Å². The smallest absolute Gasteiger partial charge is 0.396 e. The van der Waals surface area contributed by atoms with Gasteiger partial charge in [0.2, 0.25) is 5.60 Å². The maximum atomic E-state index is 13.4. The predicted octanol–water partition coefficient (Wildman–Crippen LogP) is 1.84. The number of esters is 2. The van der Waals surface area contributed by atoms with E-state index in [0.717, 1.165) is 6.08 Å². The Morgan fingerprint density at radius 3 is 2.75 bits per heavy atom. The third-order valence-electron chi connectivity index (χ3n) is 4.91. The molecule has 2 aliphatic carbocycles. The molecule has 1 saturated heterocycles. The highest BCUT2D eigenvalue weighted by atomic mass is 19.4. The molecule has 6 atom stereocenters. The molecule has 7 heteroatoms. The van der Waals surface area contributed by atoms with Gasteiger partial charge in [-0.3, -0.25) is 0 Å². The van der Waals surface area contributed by atoms with Crippen LogP contribution in [-0.4, -0.2) is 29.8 Å². The van der Waals surface area contributed by atoms with Crippen LogP contribution in [0.1, 0.15) is 13.3 Å². The second kappa shape index (κ2) is 3.77. The molecule has 0 N–H and O–H groups in total. The molecule has 1 aliphatic heterocycles. The Balaban J connectivity index is 2.10. The molecule has 6 unspecified atom stereocenters. The van der Waals surface area contributed by atoms with Gasteiger partial charge < -0.3 is 9.47 Å². The summed E-state index contributed by atoms with van der Waals surface area (Å²) in [5, 5.41) is 0. The molecule has 0 aromatic rings. The first-order chi connectivity index (χ1) is 9.23. The van der Waals surface area contributed by atoms with Crippen LogP contribution in [0.25, 0.3) is 0 Å². The van der Waals surface area contributed by atoms with E-state index >= 15 is 0 Å². The minimum absolute atomic E-state index is 0.187. The molecule has 0 spiro atoms. The number of carbonyl (C=O) groups excluding carboxylic acids is 2. The lowest BCUT2D eigenvalue weighted by molar-refractivity contribution is -0.242. The highest BCUT2D eigenvalue weighted by Crippen LogP contribution is 2.67. The van der Waals surface area contributed by atoms with E-state index < -0.39 is 47.6 Å². The molecule has 2 bridgehead atoms. The molecular weight excluding hydrogens is 277 g/mol. The lowest BCUT2D eigenvalue weighted by Gasteiger charge is -2.38. The standard InChI is InChI=1S/C13H13F3O4/c1-3-8(17)20-12-7-4-6(10(12)13(14,15)16)5(2)9(7)19-11(12)18/h3,5-7,9-10H,1,4H2,2H3. The molecule has 1 heterocycles. The summed E-state index contributed by atoms with van der Waals surface area (Å²) in [4.78, 5) is 23.4. The van der Waals surface area contributed by atoms with Crippen molar-refractivity contribution in [2.45, 2.75) is 31.2 Å². The van der Waals surface area contributed by atoms with Gasteiger partial charge in [-0.2, -0.15) is 13.2 Å². The van der Waals surface area contributed by atoms with Gasteiger partial charge in [0.15, 0.2) is 0 Å². The van der Waals surface area contributed by atoms with Crippen LogP contribution in [0.15, 0.2) is 12.7 Å². The van der Waals surface area contributed by atoms with Crippen molar-refractivity contribution in [3.63, 3.8) is 0 Å². The fourth-order valence-electron chi connectivity index (χ4n) is 4.22. The predicted molar refractivity (Wildman–Crippen MR) is 59.2 cm³/mol. The van der Waals surface area contributed by atoms with Crippen LogP contribution in [0, 0.1) is 23.7 Å². The topological polar surface area (TPSA) is 52.6 Å². The van der Waals surface area contributed by atoms with Gasteiger partial charge in [0.05, 0.1) is 0 Å². The van der Waals surface area contributed by atoms with Crippen molar-refractivity contribution in [2.24, 2.45) is 23.7 Å². The zero-order chi connectivity index (χ0) is 14.9. The van der Waals surface area contributed by atoms with E-state index in [2.05, 4.69) is 6.58 Å². The molecule has 0 aromatic carbocycles. The van der Waals surface area contributed by atoms with Gasteiger partial charge >= 0.3 is 18.1 Å². The summed E-state index contributed by atoms with van der Waals surface area (Å²) in [6.45, 7) is 4.81. The van der Waals surface area contributed by atoms with E-state index in [1.54, 1.807) is 6.92 Å². The van der Waals surface area contributed by atoms with Crippen molar-refractivity contribution >= 4 is 11.9 Å². The Morgan fingerprint density at radius 1 is 1.55 bits per heavy atom. The fourth-order valence-corrected chi connectivity index (χ4v) is 4.22. The van der Waals surface area contributed by atoms with Crippen molar-refractivity contribution in [1.29, 1.82) is 0 Å². The van der Waals surface area contributed by atoms with Gasteiger partial charge in [0.25, 0.3) is 0 Å². The lowest BCUT2D eigenvalue weighted by Crippen LogP contribution is -2.56. The third-order valence-corrected chi connectivity index (χ3v) is 4.91. The number of alkyl halides is 3. The first kappa shape index (κ1) is 13.5. The molecular formula is C13H13F3O4. The Hall–Kier alpha value is -1.53. The van der Waals surface area contributed by atoms with Gasteiger partial charge in [0.1, 0.15) is 12.0 Å². The molecule has 3 fully saturated rings. The van der Waals surface area contributed by atoms with Crippen molar-refractivity contribution in [2.75, 3.05) is 0 Å². The summed E-state index contributed by atoms with van der Waals surface area (Å²) in [5.74, 6) is -5.95. The molecule has 4 nitrogen and oxygen atoms in total. The SMILES string of the molecule is C=CC(=O)OC12C(=O)OC3C(C)C(CC31)C2C(F)(F)F. The zero-order valence-electron chi connectivity index (χ0n) is 10.6. The Kier molecular flexibility index (Phi) is 2.53. The average molecular weight is 290 g/mol. The first-order valence-electron chi connectivity index (χ1n) is 6.36. The summed E-state index contributed by atoms with van der Waals surface area (Å²) < 4.78 is 50.2. The van der Waals surface area contributed by atoms with Crippen LogP contribution in [0.5, 0.6) is 0 Å². The maximum Gasteiger partial charge on any atom is 0.396 e. The summed E-state index contributed by atoms with van der Waals surface area (Å²) in [5.41, 5.74) is -2.22. The minimum Gasteiger partial charge on any atom is -0.459 e. The highest BCUT2D eigenvalue weighted by Gasteiger charge is 2.81. The summed E-state index contributed by atoms with van der Waals surface area (Å²) in [6.07, 6.45) is -4.27. The van der Waals surface area contributed by atoms with E-state index in [1.807, 2.05) is 0 Å². The Labute approximate surface area is 112 Å². The quantitative estimate of drug-likeness (QED) is 0.575. The van der Waals surface area contributed by atoms with Gasteiger partial charge in [-0.15, -0.1) is 0 Å². The number of halogens is 3. The van der Waals surface area contributed by atoms with Crippen LogP contribution in [-0.2, 0) is 19.1 Å². The Morgan fingerprint density at radius 2 is 2.20 bits per heavy atom. The maximum absolute atomic E-state index is 13.4. The third kappa shape index (κ3) is 1.38. The van der Waals surface area contributed by atoms with Gasteiger partial charge in [-0.25, -0.2) is 9.59 Å². The molecule has 0 amide bonds. The number of hydrogen-bond donors (Lipinski definition) is 0. The van der Waals surface area contributed by atoms with E-state index in [9.17, 15) is 22.8 Å². The minimum atomic E-state index is -4.62. The van der Waals surface area contributed by atoms with Crippen molar-refractivity contribution in [3.05, 3.63) is 12.7 Å². The van der Waals surface area contributed by atoms with Gasteiger partial charge in [-0.05, 0) is 18.3 Å². The number of fused-ring (bicyclic) bond motifs is 1. The van der Waals surface area contributed by atoms with Crippen LogP contribution in [0.3, 0.4) is 0 Å². The van der Waals surface area contributed by atoms with E-state index in [1.165, 1.54) is 0 Å². The number of rotatable bonds is 2. The zero-order valence-corrected chi connectivity index (χ0v) is 10.6. The van der Waals surface area contributed by atoms with E-state index in [-0.39, 0.29) is 12.3 Å². The van der Waals surface area contributed by atoms with Crippen LogP contribution >= 0.6 is 0 Å². The lowest BCUT2D eigenvalue weighted by atomic mass is 9.71. The highest BCUT2D eigenvalue weighted by molar-refractivity contribution is 5.90. The Bertz CT molecular complexity index is 500. The summed E-state index contributed by atoms with van der Waals surface area (Å²) in [7, 11) is 0. The van der Waals surface area contributed by atoms with Crippen LogP contribution in [0.2, 0.25) is 0 Å². The van der Waals surface area contributed by atoms with E-state index in [0.29, 0.717) is 0 Å². The van der Waals surface area contributed by atoms with Crippen LogP contribution < -0.4 is 0 Å². The number of ether oxygens (including phenoxy) is 2. The molecule has 0 radical (unpaired) electrons. The van der Waals surface area contributed by atoms with Gasteiger partial charge in [0, 0.05) is 12.0 Å². The van der Waals surface area contributed by atoms with Crippen molar-refractivity contribution in [1.82, 2.24) is 0 Å². The second-order valence-electron chi connectivity index (χ2n) is 5.67.